The zero-order valence-electron chi connectivity index (χ0n) is 15.0. The number of furan rings is 1. The lowest BCUT2D eigenvalue weighted by Gasteiger charge is -2.11. The van der Waals surface area contributed by atoms with Crippen molar-refractivity contribution >= 4 is 16.9 Å². The summed E-state index contributed by atoms with van der Waals surface area (Å²) in [4.78, 5) is 12.7. The molecule has 1 aliphatic heterocycles. The molecule has 0 unspecified atom stereocenters. The van der Waals surface area contributed by atoms with Gasteiger partial charge < -0.3 is 19.8 Å². The van der Waals surface area contributed by atoms with Gasteiger partial charge in [0.25, 0.3) is 5.91 Å². The Bertz CT molecular complexity index is 977. The molecule has 2 N–H and O–H groups in total. The van der Waals surface area contributed by atoms with Gasteiger partial charge in [-0.1, -0.05) is 12.1 Å². The van der Waals surface area contributed by atoms with E-state index in [1.54, 1.807) is 37.3 Å². The van der Waals surface area contributed by atoms with Crippen LogP contribution in [0.5, 0.6) is 5.75 Å². The second-order valence-corrected chi connectivity index (χ2v) is 6.77. The first kappa shape index (κ1) is 17.5. The number of amides is 1. The molecule has 1 atom stereocenters. The van der Waals surface area contributed by atoms with E-state index in [1.807, 2.05) is 0 Å². The second-order valence-electron chi connectivity index (χ2n) is 6.77. The Hall–Kier alpha value is -2.86. The molecule has 6 heteroatoms. The molecular weight excluding hydrogens is 347 g/mol. The predicted octanol–water partition coefficient (Wildman–Crippen LogP) is 3.55. The summed E-state index contributed by atoms with van der Waals surface area (Å²) in [6, 6.07) is 11.8. The molecule has 3 aromatic rings. The molecule has 140 valence electrons. The number of rotatable bonds is 5. The summed E-state index contributed by atoms with van der Waals surface area (Å²) in [5, 5.41) is 7.00. The van der Waals surface area contributed by atoms with Gasteiger partial charge in [-0.15, -0.1) is 0 Å². The van der Waals surface area contributed by atoms with Crippen molar-refractivity contribution < 1.29 is 18.3 Å². The molecule has 0 saturated carbocycles. The van der Waals surface area contributed by atoms with E-state index in [0.29, 0.717) is 28.0 Å². The number of benzene rings is 2. The Morgan fingerprint density at radius 3 is 3.00 bits per heavy atom. The van der Waals surface area contributed by atoms with Crippen molar-refractivity contribution in [3.05, 3.63) is 65.2 Å². The van der Waals surface area contributed by atoms with Crippen molar-refractivity contribution in [2.24, 2.45) is 0 Å². The van der Waals surface area contributed by atoms with Crippen molar-refractivity contribution in [2.75, 3.05) is 13.1 Å². The molecule has 5 nitrogen and oxygen atoms in total. The third-order valence-corrected chi connectivity index (χ3v) is 4.75. The quantitative estimate of drug-likeness (QED) is 0.723. The zero-order valence-corrected chi connectivity index (χ0v) is 15.0. The molecule has 1 amide bonds. The minimum Gasteiger partial charge on any atom is -0.489 e. The zero-order chi connectivity index (χ0) is 18.8. The predicted molar refractivity (Wildman–Crippen MR) is 100 cm³/mol. The monoisotopic (exact) mass is 368 g/mol. The van der Waals surface area contributed by atoms with Gasteiger partial charge in [0.15, 0.2) is 0 Å². The highest BCUT2D eigenvalue weighted by atomic mass is 19.1. The van der Waals surface area contributed by atoms with Crippen LogP contribution in [0.4, 0.5) is 4.39 Å². The highest BCUT2D eigenvalue weighted by Gasteiger charge is 2.23. The molecule has 1 aliphatic rings. The largest absolute Gasteiger partial charge is 0.489 e. The Kier molecular flexibility index (Phi) is 4.81. The van der Waals surface area contributed by atoms with Crippen molar-refractivity contribution in [3.63, 3.8) is 0 Å². The Morgan fingerprint density at radius 2 is 2.22 bits per heavy atom. The minimum absolute atomic E-state index is 0.134. The first-order valence-electron chi connectivity index (χ1n) is 9.02. The van der Waals surface area contributed by atoms with Gasteiger partial charge in [0, 0.05) is 18.0 Å². The molecule has 27 heavy (non-hydrogen) atoms. The first-order valence-corrected chi connectivity index (χ1v) is 9.02. The van der Waals surface area contributed by atoms with E-state index < -0.39 is 0 Å². The molecule has 4 rings (SSSR count). The van der Waals surface area contributed by atoms with E-state index in [0.717, 1.165) is 25.1 Å². The van der Waals surface area contributed by atoms with E-state index in [4.69, 9.17) is 9.15 Å². The fourth-order valence-corrected chi connectivity index (χ4v) is 3.40. The molecule has 0 spiro atoms. The smallest absolute Gasteiger partial charge is 0.255 e. The van der Waals surface area contributed by atoms with Crippen LogP contribution < -0.4 is 15.4 Å². The molecule has 0 aliphatic carbocycles. The maximum atomic E-state index is 13.3. The molecule has 0 bridgehead atoms. The summed E-state index contributed by atoms with van der Waals surface area (Å²) in [6.45, 7) is 3.72. The van der Waals surface area contributed by atoms with E-state index in [2.05, 4.69) is 10.6 Å². The van der Waals surface area contributed by atoms with Crippen LogP contribution in [-0.2, 0) is 6.61 Å². The first-order chi connectivity index (χ1) is 13.1. The Labute approximate surface area is 156 Å². The lowest BCUT2D eigenvalue weighted by Crippen LogP contribution is -2.36. The van der Waals surface area contributed by atoms with Crippen LogP contribution in [-0.4, -0.2) is 25.0 Å². The fourth-order valence-electron chi connectivity index (χ4n) is 3.40. The number of aryl methyl sites for hydroxylation is 1. The van der Waals surface area contributed by atoms with Gasteiger partial charge in [-0.2, -0.15) is 0 Å². The summed E-state index contributed by atoms with van der Waals surface area (Å²) in [7, 11) is 0. The summed E-state index contributed by atoms with van der Waals surface area (Å²) in [5.41, 5.74) is 1.92. The van der Waals surface area contributed by atoms with Crippen LogP contribution in [0.3, 0.4) is 0 Å². The lowest BCUT2D eigenvalue weighted by atomic mass is 10.1. The number of hydrogen-bond donors (Lipinski definition) is 2. The van der Waals surface area contributed by atoms with Crippen molar-refractivity contribution in [3.8, 4) is 5.75 Å². The van der Waals surface area contributed by atoms with Gasteiger partial charge in [0.1, 0.15) is 29.5 Å². The van der Waals surface area contributed by atoms with Gasteiger partial charge in [0.2, 0.25) is 0 Å². The number of hydrogen-bond acceptors (Lipinski definition) is 4. The van der Waals surface area contributed by atoms with Gasteiger partial charge >= 0.3 is 0 Å². The third-order valence-electron chi connectivity index (χ3n) is 4.75. The summed E-state index contributed by atoms with van der Waals surface area (Å²) in [6.07, 6.45) is 0.919. The molecular formula is C21H21FN2O3. The average molecular weight is 368 g/mol. The standard InChI is InChI=1S/C21H21FN2O3/c1-13-20(21(25)24-16-7-8-23-11-16)18-10-17(5-6-19(18)27-13)26-12-14-3-2-4-15(22)9-14/h2-6,9-10,16,23H,7-8,11-12H2,1H3,(H,24,25)/t16-/m0/s1. The molecule has 0 radical (unpaired) electrons. The number of fused-ring (bicyclic) bond motifs is 1. The fraction of sp³-hybridized carbons (Fsp3) is 0.286. The molecule has 1 fully saturated rings. The van der Waals surface area contributed by atoms with Crippen molar-refractivity contribution in [2.45, 2.75) is 26.0 Å². The van der Waals surface area contributed by atoms with Gasteiger partial charge in [-0.3, -0.25) is 4.79 Å². The van der Waals surface area contributed by atoms with Crippen LogP contribution in [0.1, 0.15) is 28.1 Å². The average Bonchev–Trinajstić information content (AvgIpc) is 3.26. The second kappa shape index (κ2) is 7.40. The van der Waals surface area contributed by atoms with E-state index in [-0.39, 0.29) is 24.4 Å². The maximum absolute atomic E-state index is 13.3. The van der Waals surface area contributed by atoms with Gasteiger partial charge in [0.05, 0.1) is 5.56 Å². The number of halogens is 1. The summed E-state index contributed by atoms with van der Waals surface area (Å²) < 4.78 is 24.8. The van der Waals surface area contributed by atoms with E-state index in [9.17, 15) is 9.18 Å². The minimum atomic E-state index is -0.294. The summed E-state index contributed by atoms with van der Waals surface area (Å²) >= 11 is 0. The van der Waals surface area contributed by atoms with Crippen LogP contribution in [0.2, 0.25) is 0 Å². The van der Waals surface area contributed by atoms with Crippen LogP contribution in [0.25, 0.3) is 11.0 Å². The normalized spacial score (nSPS) is 16.6. The molecule has 2 aromatic carbocycles. The highest BCUT2D eigenvalue weighted by molar-refractivity contribution is 6.07. The molecule has 1 aromatic heterocycles. The number of nitrogens with one attached hydrogen (secondary N) is 2. The SMILES string of the molecule is Cc1oc2ccc(OCc3cccc(F)c3)cc2c1C(=O)N[C@H]1CCNC1. The number of carbonyl (C=O) groups is 1. The van der Waals surface area contributed by atoms with Crippen LogP contribution in [0.15, 0.2) is 46.9 Å². The van der Waals surface area contributed by atoms with Crippen LogP contribution >= 0.6 is 0 Å². The van der Waals surface area contributed by atoms with E-state index >= 15 is 0 Å². The van der Waals surface area contributed by atoms with Crippen molar-refractivity contribution in [1.29, 1.82) is 0 Å². The molecule has 2 heterocycles. The molecule has 1 saturated heterocycles. The van der Waals surface area contributed by atoms with Gasteiger partial charge in [-0.25, -0.2) is 4.39 Å². The third kappa shape index (κ3) is 3.80. The topological polar surface area (TPSA) is 63.5 Å². The Balaban J connectivity index is 1.56. The van der Waals surface area contributed by atoms with E-state index in [1.165, 1.54) is 12.1 Å². The lowest BCUT2D eigenvalue weighted by molar-refractivity contribution is 0.0940. The highest BCUT2D eigenvalue weighted by Crippen LogP contribution is 2.29. The maximum Gasteiger partial charge on any atom is 0.255 e. The number of carbonyl (C=O) groups excluding carboxylic acids is 1. The van der Waals surface area contributed by atoms with Crippen molar-refractivity contribution in [1.82, 2.24) is 10.6 Å². The Morgan fingerprint density at radius 1 is 1.33 bits per heavy atom. The number of ether oxygens (including phenoxy) is 1. The van der Waals surface area contributed by atoms with Crippen LogP contribution in [0, 0.1) is 12.7 Å². The summed E-state index contributed by atoms with van der Waals surface area (Å²) in [5.74, 6) is 0.750. The van der Waals surface area contributed by atoms with Gasteiger partial charge in [-0.05, 0) is 55.8 Å².